The summed E-state index contributed by atoms with van der Waals surface area (Å²) in [5.74, 6) is -0.303. The number of carboxylic acids is 1. The van der Waals surface area contributed by atoms with Gasteiger partial charge in [-0.1, -0.05) is 20.8 Å². The van der Waals surface area contributed by atoms with Gasteiger partial charge in [0.1, 0.15) is 0 Å². The molecular formula is C13H25NO3. The lowest BCUT2D eigenvalue weighted by Gasteiger charge is -2.39. The molecule has 17 heavy (non-hydrogen) atoms. The van der Waals surface area contributed by atoms with Gasteiger partial charge >= 0.3 is 5.97 Å². The fourth-order valence-electron chi connectivity index (χ4n) is 3.00. The lowest BCUT2D eigenvalue weighted by Crippen LogP contribution is -2.38. The van der Waals surface area contributed by atoms with Crippen LogP contribution in [0.2, 0.25) is 0 Å². The lowest BCUT2D eigenvalue weighted by atomic mass is 9.71. The maximum absolute atomic E-state index is 11.0. The Morgan fingerprint density at radius 1 is 1.53 bits per heavy atom. The van der Waals surface area contributed by atoms with E-state index in [2.05, 4.69) is 20.8 Å². The van der Waals surface area contributed by atoms with E-state index in [0.29, 0.717) is 18.9 Å². The zero-order valence-corrected chi connectivity index (χ0v) is 11.1. The van der Waals surface area contributed by atoms with Crippen molar-refractivity contribution in [2.75, 3.05) is 6.54 Å². The quantitative estimate of drug-likeness (QED) is 0.775. The lowest BCUT2D eigenvalue weighted by molar-refractivity contribution is -0.158. The second kappa shape index (κ2) is 5.83. The van der Waals surface area contributed by atoms with E-state index in [0.717, 1.165) is 12.8 Å². The maximum atomic E-state index is 11.0. The first-order valence-corrected chi connectivity index (χ1v) is 6.42. The Labute approximate surface area is 104 Å². The number of nitrogens with two attached hydrogens (primary N) is 1. The van der Waals surface area contributed by atoms with Gasteiger partial charge in [0.25, 0.3) is 0 Å². The van der Waals surface area contributed by atoms with Crippen LogP contribution in [0.3, 0.4) is 0 Å². The summed E-state index contributed by atoms with van der Waals surface area (Å²) in [5.41, 5.74) is 5.65. The van der Waals surface area contributed by atoms with Crippen molar-refractivity contribution in [3.63, 3.8) is 0 Å². The van der Waals surface area contributed by atoms with Gasteiger partial charge in [0.05, 0.1) is 6.10 Å². The van der Waals surface area contributed by atoms with Crippen molar-refractivity contribution in [3.8, 4) is 0 Å². The molecule has 0 spiro atoms. The Bertz CT molecular complexity index is 265. The molecule has 1 aliphatic rings. The highest BCUT2D eigenvalue weighted by Crippen LogP contribution is 2.40. The fourth-order valence-corrected chi connectivity index (χ4v) is 3.00. The SMILES string of the molecule is CC1CC(OC(CCN)C(=O)O)CC(C)(C)C1. The molecule has 0 aliphatic heterocycles. The average Bonchev–Trinajstić information content (AvgIpc) is 2.13. The average molecular weight is 243 g/mol. The minimum Gasteiger partial charge on any atom is -0.479 e. The highest BCUT2D eigenvalue weighted by atomic mass is 16.5. The summed E-state index contributed by atoms with van der Waals surface area (Å²) in [6, 6.07) is 0. The molecule has 0 aromatic carbocycles. The Morgan fingerprint density at radius 3 is 2.65 bits per heavy atom. The van der Waals surface area contributed by atoms with Crippen molar-refractivity contribution in [2.45, 2.75) is 58.7 Å². The van der Waals surface area contributed by atoms with Gasteiger partial charge in [0.15, 0.2) is 6.10 Å². The summed E-state index contributed by atoms with van der Waals surface area (Å²) in [4.78, 5) is 11.0. The Hall–Kier alpha value is -0.610. The molecule has 1 rings (SSSR count). The van der Waals surface area contributed by atoms with Gasteiger partial charge in [-0.2, -0.15) is 0 Å². The van der Waals surface area contributed by atoms with Crippen LogP contribution >= 0.6 is 0 Å². The van der Waals surface area contributed by atoms with E-state index in [9.17, 15) is 4.79 Å². The van der Waals surface area contributed by atoms with Crippen molar-refractivity contribution in [1.29, 1.82) is 0 Å². The smallest absolute Gasteiger partial charge is 0.332 e. The van der Waals surface area contributed by atoms with Gasteiger partial charge in [0, 0.05) is 0 Å². The molecule has 0 radical (unpaired) electrons. The number of aliphatic carboxylic acids is 1. The number of hydrogen-bond acceptors (Lipinski definition) is 3. The van der Waals surface area contributed by atoms with Crippen LogP contribution in [-0.2, 0) is 9.53 Å². The van der Waals surface area contributed by atoms with Crippen molar-refractivity contribution >= 4 is 5.97 Å². The van der Waals surface area contributed by atoms with Crippen LogP contribution in [0.25, 0.3) is 0 Å². The number of carbonyl (C=O) groups is 1. The molecule has 3 N–H and O–H groups in total. The van der Waals surface area contributed by atoms with E-state index in [1.54, 1.807) is 0 Å². The molecule has 4 nitrogen and oxygen atoms in total. The van der Waals surface area contributed by atoms with E-state index < -0.39 is 12.1 Å². The minimum absolute atomic E-state index is 0.0569. The van der Waals surface area contributed by atoms with Crippen LogP contribution in [-0.4, -0.2) is 29.8 Å². The molecule has 1 aliphatic carbocycles. The van der Waals surface area contributed by atoms with Crippen molar-refractivity contribution in [3.05, 3.63) is 0 Å². The van der Waals surface area contributed by atoms with Gasteiger partial charge in [0.2, 0.25) is 0 Å². The summed E-state index contributed by atoms with van der Waals surface area (Å²) in [6.07, 6.45) is 2.78. The Kier molecular flexibility index (Phi) is 4.95. The highest BCUT2D eigenvalue weighted by Gasteiger charge is 2.34. The third-order valence-corrected chi connectivity index (χ3v) is 3.41. The highest BCUT2D eigenvalue weighted by molar-refractivity contribution is 5.72. The van der Waals surface area contributed by atoms with Gasteiger partial charge in [-0.3, -0.25) is 0 Å². The van der Waals surface area contributed by atoms with E-state index in [-0.39, 0.29) is 11.5 Å². The van der Waals surface area contributed by atoms with Crippen LogP contribution in [0.15, 0.2) is 0 Å². The molecule has 1 saturated carbocycles. The topological polar surface area (TPSA) is 72.5 Å². The predicted molar refractivity (Wildman–Crippen MR) is 66.8 cm³/mol. The van der Waals surface area contributed by atoms with Gasteiger partial charge in [-0.05, 0) is 43.6 Å². The van der Waals surface area contributed by atoms with Crippen LogP contribution < -0.4 is 5.73 Å². The summed E-state index contributed by atoms with van der Waals surface area (Å²) >= 11 is 0. The molecule has 0 saturated heterocycles. The third kappa shape index (κ3) is 4.64. The van der Waals surface area contributed by atoms with E-state index in [4.69, 9.17) is 15.6 Å². The first-order valence-electron chi connectivity index (χ1n) is 6.42. The molecule has 3 unspecified atom stereocenters. The molecule has 4 heteroatoms. The van der Waals surface area contributed by atoms with Crippen molar-refractivity contribution in [2.24, 2.45) is 17.1 Å². The van der Waals surface area contributed by atoms with Crippen molar-refractivity contribution < 1.29 is 14.6 Å². The van der Waals surface area contributed by atoms with Gasteiger partial charge < -0.3 is 15.6 Å². The van der Waals surface area contributed by atoms with Gasteiger partial charge in [-0.15, -0.1) is 0 Å². The van der Waals surface area contributed by atoms with Crippen molar-refractivity contribution in [1.82, 2.24) is 0 Å². The monoisotopic (exact) mass is 243 g/mol. The van der Waals surface area contributed by atoms with Crippen LogP contribution in [0.1, 0.15) is 46.5 Å². The molecule has 0 amide bonds. The van der Waals surface area contributed by atoms with Crippen LogP contribution in [0, 0.1) is 11.3 Å². The first kappa shape index (κ1) is 14.5. The van der Waals surface area contributed by atoms with Crippen LogP contribution in [0.5, 0.6) is 0 Å². The summed E-state index contributed by atoms with van der Waals surface area (Å²) in [5, 5.41) is 9.05. The minimum atomic E-state index is -0.897. The standard InChI is InChI=1S/C13H25NO3/c1-9-6-10(8-13(2,3)7-9)17-11(4-5-14)12(15)16/h9-11H,4-8,14H2,1-3H3,(H,15,16). The Morgan fingerprint density at radius 2 is 2.18 bits per heavy atom. The number of hydrogen-bond donors (Lipinski definition) is 2. The van der Waals surface area contributed by atoms with E-state index >= 15 is 0 Å². The molecule has 0 heterocycles. The second-order valence-electron chi connectivity index (χ2n) is 6.08. The first-order chi connectivity index (χ1) is 7.84. The maximum Gasteiger partial charge on any atom is 0.332 e. The molecule has 0 aromatic rings. The molecule has 100 valence electrons. The summed E-state index contributed by atoms with van der Waals surface area (Å²) in [6.45, 7) is 6.99. The number of carboxylic acid groups (broad SMARTS) is 1. The largest absolute Gasteiger partial charge is 0.479 e. The molecule has 0 aromatic heterocycles. The zero-order chi connectivity index (χ0) is 13.1. The van der Waals surface area contributed by atoms with E-state index in [1.807, 2.05) is 0 Å². The molecule has 3 atom stereocenters. The molecule has 1 fully saturated rings. The second-order valence-corrected chi connectivity index (χ2v) is 6.08. The number of rotatable bonds is 5. The summed E-state index contributed by atoms with van der Waals surface area (Å²) in [7, 11) is 0. The predicted octanol–water partition coefficient (Wildman–Crippen LogP) is 2.02. The normalized spacial score (nSPS) is 29.9. The molecule has 0 bridgehead atoms. The van der Waals surface area contributed by atoms with Crippen LogP contribution in [0.4, 0.5) is 0 Å². The molecular weight excluding hydrogens is 218 g/mol. The summed E-state index contributed by atoms with van der Waals surface area (Å²) < 4.78 is 5.72. The van der Waals surface area contributed by atoms with E-state index in [1.165, 1.54) is 6.42 Å². The fraction of sp³-hybridized carbons (Fsp3) is 0.923. The third-order valence-electron chi connectivity index (χ3n) is 3.41. The van der Waals surface area contributed by atoms with Gasteiger partial charge in [-0.25, -0.2) is 4.79 Å². The number of ether oxygens (including phenoxy) is 1. The Balaban J connectivity index is 2.57. The zero-order valence-electron chi connectivity index (χ0n) is 11.1.